The second kappa shape index (κ2) is 5.63. The van der Waals surface area contributed by atoms with Gasteiger partial charge in [-0.15, -0.1) is 10.2 Å². The smallest absolute Gasteiger partial charge is 0.191 e. The molecule has 1 aliphatic heterocycles. The average molecular weight is 311 g/mol. The minimum Gasteiger partial charge on any atom is -0.489 e. The second-order valence-corrected chi connectivity index (χ2v) is 6.09. The zero-order chi connectivity index (χ0) is 14.1. The molecule has 5 nitrogen and oxygen atoms in total. The summed E-state index contributed by atoms with van der Waals surface area (Å²) in [6.07, 6.45) is 1.02. The standard InChI is InChI=1S/C13H15ClN4OS/c1-18-12(6-15)16-17-13(18)20-7-10-5-8-4-9(14)2-3-11(8)19-10/h2-4,10H,5-7,15H2,1H3. The molecule has 0 saturated heterocycles. The molecule has 20 heavy (non-hydrogen) atoms. The van der Waals surface area contributed by atoms with E-state index in [4.69, 9.17) is 22.1 Å². The van der Waals surface area contributed by atoms with Gasteiger partial charge in [-0.25, -0.2) is 0 Å². The zero-order valence-electron chi connectivity index (χ0n) is 11.0. The fraction of sp³-hybridized carbons (Fsp3) is 0.385. The van der Waals surface area contributed by atoms with Crippen LogP contribution in [0.1, 0.15) is 11.4 Å². The maximum absolute atomic E-state index is 5.99. The summed E-state index contributed by atoms with van der Waals surface area (Å²) in [6.45, 7) is 0.397. The van der Waals surface area contributed by atoms with E-state index in [-0.39, 0.29) is 6.10 Å². The van der Waals surface area contributed by atoms with E-state index in [0.717, 1.165) is 33.9 Å². The Morgan fingerprint density at radius 3 is 3.10 bits per heavy atom. The molecule has 7 heteroatoms. The van der Waals surface area contributed by atoms with Gasteiger partial charge in [0.05, 0.1) is 6.54 Å². The topological polar surface area (TPSA) is 66.0 Å². The van der Waals surface area contributed by atoms with Crippen molar-refractivity contribution in [3.8, 4) is 5.75 Å². The number of fused-ring (bicyclic) bond motifs is 1. The van der Waals surface area contributed by atoms with Crippen molar-refractivity contribution in [3.63, 3.8) is 0 Å². The zero-order valence-corrected chi connectivity index (χ0v) is 12.6. The summed E-state index contributed by atoms with van der Waals surface area (Å²) in [5.74, 6) is 2.54. The predicted octanol–water partition coefficient (Wildman–Crippen LogP) is 2.02. The van der Waals surface area contributed by atoms with E-state index in [1.165, 1.54) is 5.56 Å². The maximum atomic E-state index is 5.99. The number of nitrogens with zero attached hydrogens (tertiary/aromatic N) is 3. The third-order valence-corrected chi connectivity index (χ3v) is 4.66. The number of halogens is 1. The van der Waals surface area contributed by atoms with Crippen LogP contribution >= 0.6 is 23.4 Å². The van der Waals surface area contributed by atoms with Gasteiger partial charge in [-0.05, 0) is 23.8 Å². The lowest BCUT2D eigenvalue weighted by Crippen LogP contribution is -2.16. The highest BCUT2D eigenvalue weighted by Gasteiger charge is 2.23. The Kier molecular flexibility index (Phi) is 3.87. The summed E-state index contributed by atoms with van der Waals surface area (Å²) in [4.78, 5) is 0. The van der Waals surface area contributed by atoms with E-state index in [2.05, 4.69) is 10.2 Å². The molecule has 2 N–H and O–H groups in total. The van der Waals surface area contributed by atoms with Crippen molar-refractivity contribution in [1.29, 1.82) is 0 Å². The second-order valence-electron chi connectivity index (χ2n) is 4.67. The minimum atomic E-state index is 0.145. The molecule has 1 atom stereocenters. The third kappa shape index (κ3) is 2.63. The summed E-state index contributed by atoms with van der Waals surface area (Å²) >= 11 is 7.62. The van der Waals surface area contributed by atoms with Gasteiger partial charge in [-0.2, -0.15) is 0 Å². The van der Waals surface area contributed by atoms with Crippen LogP contribution in [0.15, 0.2) is 23.4 Å². The number of hydrogen-bond donors (Lipinski definition) is 1. The highest BCUT2D eigenvalue weighted by molar-refractivity contribution is 7.99. The molecule has 106 valence electrons. The molecule has 1 aliphatic rings. The molecule has 0 bridgehead atoms. The van der Waals surface area contributed by atoms with Crippen LogP contribution in [0.4, 0.5) is 0 Å². The van der Waals surface area contributed by atoms with Gasteiger partial charge >= 0.3 is 0 Å². The molecule has 0 fully saturated rings. The van der Waals surface area contributed by atoms with Crippen molar-refractivity contribution < 1.29 is 4.74 Å². The van der Waals surface area contributed by atoms with Crippen LogP contribution in [0.25, 0.3) is 0 Å². The Balaban J connectivity index is 1.62. The van der Waals surface area contributed by atoms with Crippen LogP contribution < -0.4 is 10.5 Å². The first-order chi connectivity index (χ1) is 9.67. The summed E-state index contributed by atoms with van der Waals surface area (Å²) in [5, 5.41) is 9.78. The fourth-order valence-corrected chi connectivity index (χ4v) is 3.31. The van der Waals surface area contributed by atoms with Gasteiger partial charge in [-0.1, -0.05) is 23.4 Å². The molecule has 1 unspecified atom stereocenters. The quantitative estimate of drug-likeness (QED) is 0.875. The largest absolute Gasteiger partial charge is 0.489 e. The van der Waals surface area contributed by atoms with Crippen molar-refractivity contribution in [2.24, 2.45) is 12.8 Å². The monoisotopic (exact) mass is 310 g/mol. The molecule has 0 spiro atoms. The number of nitrogens with two attached hydrogens (primary N) is 1. The number of aromatic nitrogens is 3. The molecule has 0 aliphatic carbocycles. The van der Waals surface area contributed by atoms with Crippen molar-refractivity contribution in [1.82, 2.24) is 14.8 Å². The predicted molar refractivity (Wildman–Crippen MR) is 79.2 cm³/mol. The van der Waals surface area contributed by atoms with E-state index < -0.39 is 0 Å². The van der Waals surface area contributed by atoms with E-state index >= 15 is 0 Å². The summed E-state index contributed by atoms with van der Waals surface area (Å²) in [6, 6.07) is 5.75. The van der Waals surface area contributed by atoms with Crippen molar-refractivity contribution in [2.75, 3.05) is 5.75 Å². The number of ether oxygens (including phenoxy) is 1. The molecule has 0 radical (unpaired) electrons. The maximum Gasteiger partial charge on any atom is 0.191 e. The Morgan fingerprint density at radius 1 is 1.50 bits per heavy atom. The Hall–Kier alpha value is -1.24. The molecule has 1 aromatic carbocycles. The Labute approximate surface area is 126 Å². The van der Waals surface area contributed by atoms with E-state index in [9.17, 15) is 0 Å². The Morgan fingerprint density at radius 2 is 2.35 bits per heavy atom. The van der Waals surface area contributed by atoms with E-state index in [1.54, 1.807) is 11.8 Å². The van der Waals surface area contributed by atoms with Gasteiger partial charge in [-0.3, -0.25) is 0 Å². The van der Waals surface area contributed by atoms with Crippen LogP contribution in [-0.4, -0.2) is 26.6 Å². The van der Waals surface area contributed by atoms with E-state index in [0.29, 0.717) is 6.54 Å². The SMILES string of the molecule is Cn1c(CN)nnc1SCC1Cc2cc(Cl)ccc2O1. The fourth-order valence-electron chi connectivity index (χ4n) is 2.20. The number of rotatable bonds is 4. The first-order valence-electron chi connectivity index (χ1n) is 6.33. The lowest BCUT2D eigenvalue weighted by atomic mass is 10.1. The van der Waals surface area contributed by atoms with Gasteiger partial charge in [0, 0.05) is 24.2 Å². The summed E-state index contributed by atoms with van der Waals surface area (Å²) in [5.41, 5.74) is 6.75. The normalized spacial score (nSPS) is 17.1. The highest BCUT2D eigenvalue weighted by atomic mass is 35.5. The first-order valence-corrected chi connectivity index (χ1v) is 7.70. The van der Waals surface area contributed by atoms with Gasteiger partial charge < -0.3 is 15.0 Å². The van der Waals surface area contributed by atoms with Crippen LogP contribution in [0.2, 0.25) is 5.02 Å². The molecular weight excluding hydrogens is 296 g/mol. The Bertz CT molecular complexity index is 631. The highest BCUT2D eigenvalue weighted by Crippen LogP contribution is 2.33. The van der Waals surface area contributed by atoms with E-state index in [1.807, 2.05) is 29.8 Å². The molecule has 3 rings (SSSR count). The summed E-state index contributed by atoms with van der Waals surface area (Å²) < 4.78 is 7.82. The average Bonchev–Trinajstić information content (AvgIpc) is 2.99. The van der Waals surface area contributed by atoms with Gasteiger partial charge in [0.15, 0.2) is 5.16 Å². The summed E-state index contributed by atoms with van der Waals surface area (Å²) in [7, 11) is 1.93. The van der Waals surface area contributed by atoms with Crippen molar-refractivity contribution in [3.05, 3.63) is 34.6 Å². The molecule has 0 saturated carbocycles. The number of benzene rings is 1. The van der Waals surface area contributed by atoms with Crippen LogP contribution in [0.5, 0.6) is 5.75 Å². The number of hydrogen-bond acceptors (Lipinski definition) is 5. The minimum absolute atomic E-state index is 0.145. The molecule has 2 heterocycles. The molecule has 0 amide bonds. The van der Waals surface area contributed by atoms with Gasteiger partial charge in [0.25, 0.3) is 0 Å². The van der Waals surface area contributed by atoms with Crippen LogP contribution in [0.3, 0.4) is 0 Å². The molecule has 2 aromatic rings. The molecule has 1 aromatic heterocycles. The number of thioether (sulfide) groups is 1. The van der Waals surface area contributed by atoms with Crippen LogP contribution in [-0.2, 0) is 20.0 Å². The lowest BCUT2D eigenvalue weighted by molar-refractivity contribution is 0.259. The molecular formula is C13H15ClN4OS. The first kappa shape index (κ1) is 13.7. The van der Waals surface area contributed by atoms with Crippen molar-refractivity contribution in [2.45, 2.75) is 24.2 Å². The van der Waals surface area contributed by atoms with Gasteiger partial charge in [0.1, 0.15) is 17.7 Å². The van der Waals surface area contributed by atoms with Gasteiger partial charge in [0.2, 0.25) is 0 Å². The van der Waals surface area contributed by atoms with Crippen molar-refractivity contribution >= 4 is 23.4 Å². The van der Waals surface area contributed by atoms with Crippen LogP contribution in [0, 0.1) is 0 Å². The third-order valence-electron chi connectivity index (χ3n) is 3.27. The lowest BCUT2D eigenvalue weighted by Gasteiger charge is -2.09.